The van der Waals surface area contributed by atoms with Gasteiger partial charge in [0.1, 0.15) is 6.04 Å². The van der Waals surface area contributed by atoms with Crippen molar-refractivity contribution in [2.75, 3.05) is 20.2 Å². The van der Waals surface area contributed by atoms with Crippen LogP contribution in [0.25, 0.3) is 0 Å². The number of hydrogen-bond acceptors (Lipinski definition) is 7. The standard InChI is InChI=1S/C13H18N4O4/c1-20-11(18)6-9-13(19)14-4-5-17(9)7-10-15-12(16-21-10)8-2-3-8/h8-9H,2-7H2,1H3,(H,14,19)/t9-/m1/s1. The van der Waals surface area contributed by atoms with Crippen molar-refractivity contribution in [2.45, 2.75) is 37.8 Å². The smallest absolute Gasteiger partial charge is 0.307 e. The maximum atomic E-state index is 11.9. The van der Waals surface area contributed by atoms with E-state index in [2.05, 4.69) is 20.2 Å². The number of rotatable bonds is 5. The lowest BCUT2D eigenvalue weighted by molar-refractivity contribution is -0.146. The molecule has 2 heterocycles. The van der Waals surface area contributed by atoms with Gasteiger partial charge in [-0.1, -0.05) is 5.16 Å². The molecule has 114 valence electrons. The number of amides is 1. The Bertz CT molecular complexity index is 540. The predicted octanol–water partition coefficient (Wildman–Crippen LogP) is -0.189. The van der Waals surface area contributed by atoms with Gasteiger partial charge in [0.15, 0.2) is 5.82 Å². The van der Waals surface area contributed by atoms with E-state index in [4.69, 9.17) is 4.52 Å². The number of carbonyl (C=O) groups is 2. The molecule has 0 aromatic carbocycles. The second-order valence-electron chi connectivity index (χ2n) is 5.38. The van der Waals surface area contributed by atoms with Crippen LogP contribution < -0.4 is 5.32 Å². The van der Waals surface area contributed by atoms with E-state index >= 15 is 0 Å². The normalized spacial score (nSPS) is 22.9. The molecule has 0 bridgehead atoms. The first-order valence-corrected chi connectivity index (χ1v) is 7.08. The van der Waals surface area contributed by atoms with Crippen molar-refractivity contribution in [3.05, 3.63) is 11.7 Å². The van der Waals surface area contributed by atoms with Crippen molar-refractivity contribution < 1.29 is 18.8 Å². The average Bonchev–Trinajstić information content (AvgIpc) is 3.23. The van der Waals surface area contributed by atoms with E-state index < -0.39 is 12.0 Å². The van der Waals surface area contributed by atoms with E-state index in [1.54, 1.807) is 0 Å². The first-order chi connectivity index (χ1) is 10.2. The quantitative estimate of drug-likeness (QED) is 0.752. The van der Waals surface area contributed by atoms with Crippen LogP contribution in [0, 0.1) is 0 Å². The Kier molecular flexibility index (Phi) is 3.87. The van der Waals surface area contributed by atoms with Crippen LogP contribution in [0.1, 0.15) is 36.9 Å². The third-order valence-corrected chi connectivity index (χ3v) is 3.79. The summed E-state index contributed by atoms with van der Waals surface area (Å²) in [6, 6.07) is -0.553. The topological polar surface area (TPSA) is 97.6 Å². The Morgan fingerprint density at radius 2 is 2.33 bits per heavy atom. The van der Waals surface area contributed by atoms with E-state index in [1.807, 2.05) is 4.90 Å². The third kappa shape index (κ3) is 3.21. The summed E-state index contributed by atoms with van der Waals surface area (Å²) < 4.78 is 9.88. The molecule has 3 rings (SSSR count). The van der Waals surface area contributed by atoms with Crippen LogP contribution in [0.15, 0.2) is 4.52 Å². The second-order valence-corrected chi connectivity index (χ2v) is 5.38. The summed E-state index contributed by atoms with van der Waals surface area (Å²) >= 11 is 0. The maximum absolute atomic E-state index is 11.9. The summed E-state index contributed by atoms with van der Waals surface area (Å²) in [4.78, 5) is 29.6. The molecule has 1 saturated carbocycles. The highest BCUT2D eigenvalue weighted by atomic mass is 16.5. The highest BCUT2D eigenvalue weighted by Gasteiger charge is 2.34. The van der Waals surface area contributed by atoms with Crippen LogP contribution in [-0.4, -0.2) is 53.2 Å². The third-order valence-electron chi connectivity index (χ3n) is 3.79. The van der Waals surface area contributed by atoms with Crippen LogP contribution in [0.4, 0.5) is 0 Å². The van der Waals surface area contributed by atoms with Gasteiger partial charge in [0.25, 0.3) is 0 Å². The maximum Gasteiger partial charge on any atom is 0.307 e. The minimum absolute atomic E-state index is 0.0198. The van der Waals surface area contributed by atoms with Gasteiger partial charge in [-0.05, 0) is 12.8 Å². The molecule has 0 spiro atoms. The number of hydrogen-bond donors (Lipinski definition) is 1. The Morgan fingerprint density at radius 1 is 1.52 bits per heavy atom. The molecule has 1 aliphatic carbocycles. The number of nitrogens with zero attached hydrogens (tertiary/aromatic N) is 3. The number of aromatic nitrogens is 2. The molecule has 1 atom stereocenters. The van der Waals surface area contributed by atoms with Gasteiger partial charge in [-0.15, -0.1) is 0 Å². The van der Waals surface area contributed by atoms with Crippen LogP contribution in [0.5, 0.6) is 0 Å². The highest BCUT2D eigenvalue weighted by Crippen LogP contribution is 2.38. The Morgan fingerprint density at radius 3 is 3.05 bits per heavy atom. The molecule has 1 aromatic heterocycles. The van der Waals surface area contributed by atoms with Crippen molar-refractivity contribution in [1.29, 1.82) is 0 Å². The molecule has 1 aliphatic heterocycles. The van der Waals surface area contributed by atoms with E-state index in [1.165, 1.54) is 7.11 Å². The van der Waals surface area contributed by atoms with Gasteiger partial charge in [-0.2, -0.15) is 4.98 Å². The van der Waals surface area contributed by atoms with Crippen molar-refractivity contribution in [3.8, 4) is 0 Å². The van der Waals surface area contributed by atoms with Crippen LogP contribution in [0.3, 0.4) is 0 Å². The molecular weight excluding hydrogens is 276 g/mol. The Balaban J connectivity index is 1.67. The van der Waals surface area contributed by atoms with Gasteiger partial charge in [-0.3, -0.25) is 14.5 Å². The van der Waals surface area contributed by atoms with Crippen molar-refractivity contribution in [2.24, 2.45) is 0 Å². The second kappa shape index (κ2) is 5.80. The summed E-state index contributed by atoms with van der Waals surface area (Å²) in [6.45, 7) is 1.55. The van der Waals surface area contributed by atoms with Crippen LogP contribution in [-0.2, 0) is 20.9 Å². The molecule has 1 aromatic rings. The zero-order valence-corrected chi connectivity index (χ0v) is 11.9. The molecule has 0 radical (unpaired) electrons. The predicted molar refractivity (Wildman–Crippen MR) is 70.1 cm³/mol. The van der Waals surface area contributed by atoms with Gasteiger partial charge in [0.2, 0.25) is 11.8 Å². The largest absolute Gasteiger partial charge is 0.469 e. The van der Waals surface area contributed by atoms with Gasteiger partial charge >= 0.3 is 5.97 Å². The number of methoxy groups -OCH3 is 1. The Hall–Kier alpha value is -1.96. The molecule has 8 heteroatoms. The lowest BCUT2D eigenvalue weighted by Gasteiger charge is -2.33. The van der Waals surface area contributed by atoms with Gasteiger partial charge < -0.3 is 14.6 Å². The summed E-state index contributed by atoms with van der Waals surface area (Å²) in [6.07, 6.45) is 2.23. The summed E-state index contributed by atoms with van der Waals surface area (Å²) in [5, 5.41) is 6.72. The van der Waals surface area contributed by atoms with Crippen LogP contribution in [0.2, 0.25) is 0 Å². The number of carbonyl (C=O) groups excluding carboxylic acids is 2. The fraction of sp³-hybridized carbons (Fsp3) is 0.692. The summed E-state index contributed by atoms with van der Waals surface area (Å²) in [5.74, 6) is 1.08. The highest BCUT2D eigenvalue weighted by molar-refractivity contribution is 5.87. The monoisotopic (exact) mass is 294 g/mol. The molecule has 2 aliphatic rings. The van der Waals surface area contributed by atoms with Crippen molar-refractivity contribution >= 4 is 11.9 Å². The van der Waals surface area contributed by atoms with Gasteiger partial charge in [0, 0.05) is 19.0 Å². The average molecular weight is 294 g/mol. The Labute approximate surface area is 121 Å². The minimum Gasteiger partial charge on any atom is -0.469 e. The lowest BCUT2D eigenvalue weighted by Crippen LogP contribution is -2.55. The number of piperazine rings is 1. The number of esters is 1. The minimum atomic E-state index is -0.553. The molecular formula is C13H18N4O4. The van der Waals surface area contributed by atoms with Crippen molar-refractivity contribution in [3.63, 3.8) is 0 Å². The molecule has 1 saturated heterocycles. The molecule has 1 N–H and O–H groups in total. The molecule has 0 unspecified atom stereocenters. The van der Waals surface area contributed by atoms with Gasteiger partial charge in [0.05, 0.1) is 20.1 Å². The fourth-order valence-corrected chi connectivity index (χ4v) is 2.43. The van der Waals surface area contributed by atoms with E-state index in [-0.39, 0.29) is 12.3 Å². The number of nitrogens with one attached hydrogen (secondary N) is 1. The zero-order valence-electron chi connectivity index (χ0n) is 11.9. The molecule has 2 fully saturated rings. The fourth-order valence-electron chi connectivity index (χ4n) is 2.43. The lowest BCUT2D eigenvalue weighted by atomic mass is 10.1. The van der Waals surface area contributed by atoms with Crippen molar-refractivity contribution in [1.82, 2.24) is 20.4 Å². The van der Waals surface area contributed by atoms with E-state index in [0.29, 0.717) is 31.4 Å². The van der Waals surface area contributed by atoms with E-state index in [0.717, 1.165) is 18.7 Å². The first kappa shape index (κ1) is 14.0. The SMILES string of the molecule is COC(=O)C[C@@H]1C(=O)NCCN1Cc1nc(C2CC2)no1. The molecule has 1 amide bonds. The number of ether oxygens (including phenoxy) is 1. The summed E-state index contributed by atoms with van der Waals surface area (Å²) in [7, 11) is 1.31. The first-order valence-electron chi connectivity index (χ1n) is 7.08. The van der Waals surface area contributed by atoms with Crippen LogP contribution >= 0.6 is 0 Å². The molecule has 8 nitrogen and oxygen atoms in total. The molecule has 21 heavy (non-hydrogen) atoms. The van der Waals surface area contributed by atoms with Gasteiger partial charge in [-0.25, -0.2) is 0 Å². The zero-order chi connectivity index (χ0) is 14.8. The summed E-state index contributed by atoms with van der Waals surface area (Å²) in [5.41, 5.74) is 0. The van der Waals surface area contributed by atoms with E-state index in [9.17, 15) is 9.59 Å².